The van der Waals surface area contributed by atoms with Crippen LogP contribution in [-0.4, -0.2) is 25.8 Å². The Morgan fingerprint density at radius 1 is 1.18 bits per heavy atom. The van der Waals surface area contributed by atoms with Crippen LogP contribution in [0.25, 0.3) is 0 Å². The molecular weight excluding hydrogens is 224 g/mol. The molecule has 4 heteroatoms. The van der Waals surface area contributed by atoms with Gasteiger partial charge in [0.05, 0.1) is 6.54 Å². The van der Waals surface area contributed by atoms with E-state index in [9.17, 15) is 8.78 Å². The van der Waals surface area contributed by atoms with Crippen molar-refractivity contribution in [2.45, 2.75) is 24.8 Å². The molecule has 0 spiro atoms. The number of hydrogen-bond donors (Lipinski definition) is 1. The van der Waals surface area contributed by atoms with E-state index in [0.717, 1.165) is 12.8 Å². The van der Waals surface area contributed by atoms with Crippen LogP contribution in [0.2, 0.25) is 0 Å². The molecule has 0 amide bonds. The van der Waals surface area contributed by atoms with Crippen LogP contribution >= 0.6 is 0 Å². The molecule has 94 valence electrons. The van der Waals surface area contributed by atoms with Gasteiger partial charge in [-0.25, -0.2) is 0 Å². The first-order valence-corrected chi connectivity index (χ1v) is 5.93. The summed E-state index contributed by atoms with van der Waals surface area (Å²) in [5.41, 5.74) is 0.0690. The molecule has 1 heterocycles. The van der Waals surface area contributed by atoms with Gasteiger partial charge in [0.25, 0.3) is 5.92 Å². The Morgan fingerprint density at radius 2 is 1.82 bits per heavy atom. The summed E-state index contributed by atoms with van der Waals surface area (Å²) in [4.78, 5) is 0. The average Bonchev–Trinajstić information content (AvgIpc) is 2.39. The number of hydrogen-bond acceptors (Lipinski definition) is 2. The minimum atomic E-state index is -2.81. The normalized spacial score (nSPS) is 18.2. The highest BCUT2D eigenvalue weighted by molar-refractivity contribution is 5.20. The van der Waals surface area contributed by atoms with Crippen LogP contribution in [0.1, 0.15) is 18.4 Å². The number of nitrogens with one attached hydrogen (secondary N) is 1. The fraction of sp³-hybridized carbons (Fsp3) is 0.538. The molecule has 1 N–H and O–H groups in total. The topological polar surface area (TPSA) is 21.3 Å². The van der Waals surface area contributed by atoms with Crippen LogP contribution in [0, 0.1) is 0 Å². The van der Waals surface area contributed by atoms with Crippen molar-refractivity contribution < 1.29 is 13.5 Å². The Balaban J connectivity index is 1.88. The zero-order valence-corrected chi connectivity index (χ0v) is 9.66. The van der Waals surface area contributed by atoms with Crippen molar-refractivity contribution in [1.29, 1.82) is 0 Å². The average molecular weight is 241 g/mol. The summed E-state index contributed by atoms with van der Waals surface area (Å²) in [6, 6.07) is 8.09. The Labute approximate surface area is 100.0 Å². The van der Waals surface area contributed by atoms with E-state index < -0.39 is 5.92 Å². The van der Waals surface area contributed by atoms with Crippen molar-refractivity contribution in [1.82, 2.24) is 5.32 Å². The maximum Gasteiger partial charge on any atom is 0.285 e. The fourth-order valence-electron chi connectivity index (χ4n) is 1.96. The Hall–Kier alpha value is -1.00. The lowest BCUT2D eigenvalue weighted by Gasteiger charge is -2.26. The zero-order chi connectivity index (χ0) is 12.1. The van der Waals surface area contributed by atoms with E-state index in [0.29, 0.717) is 13.2 Å². The standard InChI is InChI=1S/C13H17F2NO/c14-13(15,11-4-2-1-3-5-11)10-16-12-6-8-17-9-7-12/h1-5,12,16H,6-10H2. The highest BCUT2D eigenvalue weighted by Gasteiger charge is 2.31. The first-order valence-electron chi connectivity index (χ1n) is 5.93. The lowest BCUT2D eigenvalue weighted by atomic mass is 10.1. The van der Waals surface area contributed by atoms with Crippen LogP contribution in [0.3, 0.4) is 0 Å². The Bertz CT molecular complexity index is 337. The van der Waals surface area contributed by atoms with Crippen LogP contribution in [-0.2, 0) is 10.7 Å². The molecule has 0 radical (unpaired) electrons. The zero-order valence-electron chi connectivity index (χ0n) is 9.66. The van der Waals surface area contributed by atoms with Gasteiger partial charge in [0.2, 0.25) is 0 Å². The van der Waals surface area contributed by atoms with E-state index in [-0.39, 0.29) is 18.2 Å². The van der Waals surface area contributed by atoms with E-state index in [1.54, 1.807) is 18.2 Å². The second-order valence-corrected chi connectivity index (χ2v) is 4.34. The van der Waals surface area contributed by atoms with Crippen molar-refractivity contribution in [3.63, 3.8) is 0 Å². The third kappa shape index (κ3) is 3.48. The molecule has 0 aliphatic carbocycles. The first-order chi connectivity index (χ1) is 8.18. The minimum Gasteiger partial charge on any atom is -0.381 e. The summed E-state index contributed by atoms with van der Waals surface area (Å²) < 4.78 is 32.8. The van der Waals surface area contributed by atoms with Gasteiger partial charge in [0.15, 0.2) is 0 Å². The van der Waals surface area contributed by atoms with Crippen LogP contribution < -0.4 is 5.32 Å². The van der Waals surface area contributed by atoms with E-state index >= 15 is 0 Å². The summed E-state index contributed by atoms with van der Waals surface area (Å²) in [7, 11) is 0. The molecule has 1 aliphatic rings. The largest absolute Gasteiger partial charge is 0.381 e. The molecule has 2 rings (SSSR count). The maximum atomic E-state index is 13.8. The first kappa shape index (κ1) is 12.5. The number of ether oxygens (including phenoxy) is 1. The summed E-state index contributed by atoms with van der Waals surface area (Å²) >= 11 is 0. The van der Waals surface area contributed by atoms with Gasteiger partial charge < -0.3 is 10.1 Å². The number of alkyl halides is 2. The number of halogens is 2. The molecule has 2 nitrogen and oxygen atoms in total. The van der Waals surface area contributed by atoms with Gasteiger partial charge in [-0.05, 0) is 12.8 Å². The van der Waals surface area contributed by atoms with E-state index in [4.69, 9.17) is 4.74 Å². The summed E-state index contributed by atoms with van der Waals surface area (Å²) in [5.74, 6) is -2.81. The van der Waals surface area contributed by atoms with Gasteiger partial charge >= 0.3 is 0 Å². The molecular formula is C13H17F2NO. The summed E-state index contributed by atoms with van der Waals surface area (Å²) in [6.07, 6.45) is 1.62. The van der Waals surface area contributed by atoms with Crippen LogP contribution in [0.15, 0.2) is 30.3 Å². The van der Waals surface area contributed by atoms with E-state index in [2.05, 4.69) is 5.32 Å². The monoisotopic (exact) mass is 241 g/mol. The van der Waals surface area contributed by atoms with Crippen molar-refractivity contribution in [3.05, 3.63) is 35.9 Å². The van der Waals surface area contributed by atoms with Crippen molar-refractivity contribution in [2.75, 3.05) is 19.8 Å². The van der Waals surface area contributed by atoms with Crippen LogP contribution in [0.5, 0.6) is 0 Å². The molecule has 17 heavy (non-hydrogen) atoms. The molecule has 0 atom stereocenters. The highest BCUT2D eigenvalue weighted by Crippen LogP contribution is 2.27. The van der Waals surface area contributed by atoms with Gasteiger partial charge in [-0.3, -0.25) is 0 Å². The Kier molecular flexibility index (Phi) is 4.07. The fourth-order valence-corrected chi connectivity index (χ4v) is 1.96. The van der Waals surface area contributed by atoms with Crippen molar-refractivity contribution >= 4 is 0 Å². The van der Waals surface area contributed by atoms with E-state index in [1.807, 2.05) is 0 Å². The predicted molar refractivity (Wildman–Crippen MR) is 62.2 cm³/mol. The SMILES string of the molecule is FC(F)(CNC1CCOCC1)c1ccccc1. The molecule has 1 aromatic carbocycles. The molecule has 0 bridgehead atoms. The predicted octanol–water partition coefficient (Wildman–Crippen LogP) is 2.55. The minimum absolute atomic E-state index is 0.0690. The van der Waals surface area contributed by atoms with Gasteiger partial charge in [-0.1, -0.05) is 30.3 Å². The Morgan fingerprint density at radius 3 is 2.47 bits per heavy atom. The van der Waals surface area contributed by atoms with Gasteiger partial charge in [0.1, 0.15) is 0 Å². The van der Waals surface area contributed by atoms with Gasteiger partial charge in [0, 0.05) is 24.8 Å². The molecule has 1 aromatic rings. The van der Waals surface area contributed by atoms with Crippen LogP contribution in [0.4, 0.5) is 8.78 Å². The molecule has 1 fully saturated rings. The smallest absolute Gasteiger partial charge is 0.285 e. The van der Waals surface area contributed by atoms with Crippen molar-refractivity contribution in [2.24, 2.45) is 0 Å². The second-order valence-electron chi connectivity index (χ2n) is 4.34. The molecule has 0 aromatic heterocycles. The van der Waals surface area contributed by atoms with Gasteiger partial charge in [-0.2, -0.15) is 8.78 Å². The quantitative estimate of drug-likeness (QED) is 0.874. The highest BCUT2D eigenvalue weighted by atomic mass is 19.3. The lowest BCUT2D eigenvalue weighted by molar-refractivity contribution is -0.0114. The third-order valence-electron chi connectivity index (χ3n) is 3.03. The van der Waals surface area contributed by atoms with E-state index in [1.165, 1.54) is 12.1 Å². The molecule has 0 saturated carbocycles. The van der Waals surface area contributed by atoms with Crippen molar-refractivity contribution in [3.8, 4) is 0 Å². The molecule has 1 saturated heterocycles. The molecule has 1 aliphatic heterocycles. The summed E-state index contributed by atoms with van der Waals surface area (Å²) in [6.45, 7) is 1.02. The number of rotatable bonds is 4. The number of benzene rings is 1. The summed E-state index contributed by atoms with van der Waals surface area (Å²) in [5, 5.41) is 2.93. The molecule has 0 unspecified atom stereocenters. The lowest BCUT2D eigenvalue weighted by Crippen LogP contribution is -2.40. The third-order valence-corrected chi connectivity index (χ3v) is 3.03. The maximum absolute atomic E-state index is 13.8. The second kappa shape index (κ2) is 5.56. The van der Waals surface area contributed by atoms with Gasteiger partial charge in [-0.15, -0.1) is 0 Å².